The summed E-state index contributed by atoms with van der Waals surface area (Å²) >= 11 is 0. The van der Waals surface area contributed by atoms with E-state index in [0.717, 1.165) is 35.8 Å². The first kappa shape index (κ1) is 14.9. The highest BCUT2D eigenvalue weighted by Gasteiger charge is 2.51. The molecule has 0 N–H and O–H groups in total. The first-order valence-corrected chi connectivity index (χ1v) is 9.43. The first-order chi connectivity index (χ1) is 13.4. The molecular formula is C25H18O2. The van der Waals surface area contributed by atoms with Crippen molar-refractivity contribution in [3.63, 3.8) is 0 Å². The van der Waals surface area contributed by atoms with Crippen LogP contribution in [0, 0.1) is 0 Å². The lowest BCUT2D eigenvalue weighted by Crippen LogP contribution is -2.39. The van der Waals surface area contributed by atoms with Gasteiger partial charge in [-0.25, -0.2) is 0 Å². The van der Waals surface area contributed by atoms with Crippen LogP contribution in [0.3, 0.4) is 0 Å². The molecule has 3 aromatic carbocycles. The molecule has 0 amide bonds. The molecule has 2 nitrogen and oxygen atoms in total. The van der Waals surface area contributed by atoms with Crippen molar-refractivity contribution in [1.29, 1.82) is 0 Å². The number of para-hydroxylation sites is 3. The summed E-state index contributed by atoms with van der Waals surface area (Å²) in [5, 5.41) is 0. The molecule has 130 valence electrons. The Bertz CT molecular complexity index is 1090. The van der Waals surface area contributed by atoms with Crippen molar-refractivity contribution >= 4 is 0 Å². The van der Waals surface area contributed by atoms with Crippen LogP contribution < -0.4 is 9.47 Å². The van der Waals surface area contributed by atoms with Crippen LogP contribution in [-0.4, -0.2) is 0 Å². The maximum Gasteiger partial charge on any atom is 0.132 e. The van der Waals surface area contributed by atoms with Gasteiger partial charge >= 0.3 is 0 Å². The molecule has 1 spiro atoms. The highest BCUT2D eigenvalue weighted by molar-refractivity contribution is 5.73. The molecular weight excluding hydrogens is 332 g/mol. The van der Waals surface area contributed by atoms with E-state index in [-0.39, 0.29) is 5.41 Å². The molecule has 2 aliphatic heterocycles. The van der Waals surface area contributed by atoms with E-state index in [1.54, 1.807) is 0 Å². The van der Waals surface area contributed by atoms with Crippen molar-refractivity contribution in [2.45, 2.75) is 18.3 Å². The van der Waals surface area contributed by atoms with Crippen LogP contribution in [0.2, 0.25) is 0 Å². The Kier molecular flexibility index (Phi) is 2.96. The predicted octanol–water partition coefficient (Wildman–Crippen LogP) is 6.12. The van der Waals surface area contributed by atoms with Crippen molar-refractivity contribution in [3.8, 4) is 17.2 Å². The zero-order valence-electron chi connectivity index (χ0n) is 14.8. The molecule has 0 saturated carbocycles. The van der Waals surface area contributed by atoms with Gasteiger partial charge in [-0.15, -0.1) is 0 Å². The summed E-state index contributed by atoms with van der Waals surface area (Å²) in [4.78, 5) is 0. The summed E-state index contributed by atoms with van der Waals surface area (Å²) in [6.07, 6.45) is 6.34. The number of allylic oxidation sites excluding steroid dienone is 3. The van der Waals surface area contributed by atoms with E-state index in [0.29, 0.717) is 0 Å². The lowest BCUT2D eigenvalue weighted by Gasteiger charge is -2.46. The Morgan fingerprint density at radius 3 is 1.74 bits per heavy atom. The van der Waals surface area contributed by atoms with E-state index >= 15 is 0 Å². The van der Waals surface area contributed by atoms with E-state index in [1.165, 1.54) is 22.3 Å². The van der Waals surface area contributed by atoms with E-state index in [9.17, 15) is 0 Å². The van der Waals surface area contributed by atoms with Crippen molar-refractivity contribution in [3.05, 3.63) is 113 Å². The van der Waals surface area contributed by atoms with Crippen LogP contribution >= 0.6 is 0 Å². The molecule has 2 heterocycles. The summed E-state index contributed by atoms with van der Waals surface area (Å²) < 4.78 is 12.7. The van der Waals surface area contributed by atoms with Gasteiger partial charge in [0.05, 0.1) is 5.41 Å². The van der Waals surface area contributed by atoms with Gasteiger partial charge in [-0.05, 0) is 42.7 Å². The van der Waals surface area contributed by atoms with Crippen molar-refractivity contribution in [2.75, 3.05) is 0 Å². The van der Waals surface area contributed by atoms with Crippen LogP contribution in [0.1, 0.15) is 29.5 Å². The molecule has 0 saturated heterocycles. The van der Waals surface area contributed by atoms with Gasteiger partial charge in [-0.2, -0.15) is 0 Å². The fourth-order valence-corrected chi connectivity index (χ4v) is 4.87. The minimum Gasteiger partial charge on any atom is -0.457 e. The Hall–Kier alpha value is -3.26. The number of fused-ring (bicyclic) bond motifs is 7. The lowest BCUT2D eigenvalue weighted by atomic mass is 9.60. The van der Waals surface area contributed by atoms with Crippen molar-refractivity contribution in [2.24, 2.45) is 0 Å². The number of hydrogen-bond donors (Lipinski definition) is 0. The molecule has 3 aromatic rings. The summed E-state index contributed by atoms with van der Waals surface area (Å²) in [6, 6.07) is 25.3. The average Bonchev–Trinajstić information content (AvgIpc) is 2.73. The average molecular weight is 350 g/mol. The number of benzene rings is 3. The van der Waals surface area contributed by atoms with E-state index < -0.39 is 0 Å². The molecule has 0 fully saturated rings. The van der Waals surface area contributed by atoms with Crippen LogP contribution in [0.15, 0.2) is 96.3 Å². The third-order valence-corrected chi connectivity index (χ3v) is 5.89. The molecule has 2 heteroatoms. The third-order valence-electron chi connectivity index (χ3n) is 5.89. The molecule has 3 aliphatic rings. The summed E-state index contributed by atoms with van der Waals surface area (Å²) in [5.74, 6) is 3.75. The fourth-order valence-electron chi connectivity index (χ4n) is 4.87. The number of rotatable bonds is 0. The molecule has 0 bridgehead atoms. The van der Waals surface area contributed by atoms with Gasteiger partial charge in [0.25, 0.3) is 0 Å². The second-order valence-electron chi connectivity index (χ2n) is 7.23. The minimum atomic E-state index is -0.375. The standard InChI is InChI=1S/C25H18O2/c1-5-13-21-17(9-1)25(18-10-2-6-14-22(18)26-21)19-11-3-7-15-23(19)27-24-16-8-4-12-20(24)25/h1-3,5-11,13-16H,4,12H2. The topological polar surface area (TPSA) is 18.5 Å². The van der Waals surface area contributed by atoms with Gasteiger partial charge in [0.1, 0.15) is 23.0 Å². The quantitative estimate of drug-likeness (QED) is 0.486. The van der Waals surface area contributed by atoms with Gasteiger partial charge in [0, 0.05) is 16.7 Å². The largest absolute Gasteiger partial charge is 0.457 e. The highest BCUT2D eigenvalue weighted by atomic mass is 16.5. The Morgan fingerprint density at radius 1 is 0.630 bits per heavy atom. The Balaban J connectivity index is 1.82. The van der Waals surface area contributed by atoms with Gasteiger partial charge in [0.15, 0.2) is 0 Å². The second kappa shape index (κ2) is 5.37. The lowest BCUT2D eigenvalue weighted by molar-refractivity contribution is 0.367. The molecule has 1 aliphatic carbocycles. The maximum absolute atomic E-state index is 6.35. The van der Waals surface area contributed by atoms with Crippen molar-refractivity contribution in [1.82, 2.24) is 0 Å². The first-order valence-electron chi connectivity index (χ1n) is 9.43. The van der Waals surface area contributed by atoms with Gasteiger partial charge in [-0.1, -0.05) is 60.7 Å². The van der Waals surface area contributed by atoms with Crippen LogP contribution in [0.5, 0.6) is 17.2 Å². The summed E-state index contributed by atoms with van der Waals surface area (Å²) in [7, 11) is 0. The Morgan fingerprint density at radius 2 is 1.15 bits per heavy atom. The predicted molar refractivity (Wildman–Crippen MR) is 105 cm³/mol. The Labute approximate surface area is 158 Å². The van der Waals surface area contributed by atoms with Gasteiger partial charge < -0.3 is 9.47 Å². The smallest absolute Gasteiger partial charge is 0.132 e. The second-order valence-corrected chi connectivity index (χ2v) is 7.23. The molecule has 27 heavy (non-hydrogen) atoms. The van der Waals surface area contributed by atoms with Crippen LogP contribution in [0.4, 0.5) is 0 Å². The summed E-state index contributed by atoms with van der Waals surface area (Å²) in [6.45, 7) is 0. The molecule has 6 rings (SSSR count). The van der Waals surface area contributed by atoms with Crippen LogP contribution in [0.25, 0.3) is 0 Å². The SMILES string of the molecule is C1=CC2=C(CC1)C1(c3ccccc3O2)c2ccccc2Oc2ccccc21. The monoisotopic (exact) mass is 350 g/mol. The van der Waals surface area contributed by atoms with E-state index in [1.807, 2.05) is 18.2 Å². The zero-order valence-corrected chi connectivity index (χ0v) is 14.8. The number of ether oxygens (including phenoxy) is 2. The molecule has 0 atom stereocenters. The fraction of sp³-hybridized carbons (Fsp3) is 0.120. The van der Waals surface area contributed by atoms with Crippen LogP contribution in [-0.2, 0) is 5.41 Å². The highest BCUT2D eigenvalue weighted by Crippen LogP contribution is 2.60. The summed E-state index contributed by atoms with van der Waals surface area (Å²) in [5.41, 5.74) is 4.54. The maximum atomic E-state index is 6.35. The van der Waals surface area contributed by atoms with E-state index in [2.05, 4.69) is 66.7 Å². The van der Waals surface area contributed by atoms with Crippen molar-refractivity contribution < 1.29 is 9.47 Å². The minimum absolute atomic E-state index is 0.375. The molecule has 0 unspecified atom stereocenters. The zero-order chi connectivity index (χ0) is 17.8. The third kappa shape index (κ3) is 1.85. The van der Waals surface area contributed by atoms with Gasteiger partial charge in [-0.3, -0.25) is 0 Å². The molecule has 0 radical (unpaired) electrons. The van der Waals surface area contributed by atoms with E-state index in [4.69, 9.17) is 9.47 Å². The normalized spacial score (nSPS) is 17.9. The molecule has 0 aromatic heterocycles. The van der Waals surface area contributed by atoms with Gasteiger partial charge in [0.2, 0.25) is 0 Å². The number of hydrogen-bond acceptors (Lipinski definition) is 2.